The number of hydrogen-bond acceptors (Lipinski definition) is 6. The minimum absolute atomic E-state index is 0.0963. The highest BCUT2D eigenvalue weighted by Gasteiger charge is 2.29. The minimum Gasteiger partial charge on any atom is -0.346 e. The molecule has 4 aromatic heterocycles. The molecule has 0 spiro atoms. The molecule has 1 amide bonds. The lowest BCUT2D eigenvalue weighted by atomic mass is 10.0. The van der Waals surface area contributed by atoms with Gasteiger partial charge in [0.25, 0.3) is 5.91 Å². The number of nitrogens with zero attached hydrogens (tertiary/aromatic N) is 5. The number of piperidine rings is 1. The Hall–Kier alpha value is -3.01. The Labute approximate surface area is 150 Å². The molecule has 1 saturated heterocycles. The van der Waals surface area contributed by atoms with E-state index in [-0.39, 0.29) is 17.6 Å². The first kappa shape index (κ1) is 15.3. The van der Waals surface area contributed by atoms with Gasteiger partial charge < -0.3 is 14.9 Å². The van der Waals surface area contributed by atoms with E-state index in [1.165, 1.54) is 0 Å². The number of aromatic amines is 2. The smallest absolute Gasteiger partial charge is 0.326 e. The van der Waals surface area contributed by atoms with Gasteiger partial charge in [-0.2, -0.15) is 0 Å². The minimum atomic E-state index is -0.176. The Morgan fingerprint density at radius 3 is 3.15 bits per heavy atom. The number of nitrogens with one attached hydrogen (secondary N) is 2. The summed E-state index contributed by atoms with van der Waals surface area (Å²) >= 11 is 1.16. The number of carbonyl (C=O) groups is 1. The van der Waals surface area contributed by atoms with E-state index < -0.39 is 0 Å². The Balaban J connectivity index is 1.57. The maximum absolute atomic E-state index is 12.7. The molecular formula is C16H15N7O2S. The normalized spacial score (nSPS) is 18.0. The van der Waals surface area contributed by atoms with E-state index in [4.69, 9.17) is 0 Å². The second kappa shape index (κ2) is 5.77. The van der Waals surface area contributed by atoms with Crippen molar-refractivity contribution in [2.24, 2.45) is 0 Å². The molecular weight excluding hydrogens is 354 g/mol. The molecule has 10 heteroatoms. The van der Waals surface area contributed by atoms with Crippen molar-refractivity contribution in [2.75, 3.05) is 13.1 Å². The molecule has 0 saturated carbocycles. The molecule has 4 aromatic rings. The average Bonchev–Trinajstić information content (AvgIpc) is 3.39. The molecule has 1 aliphatic rings. The van der Waals surface area contributed by atoms with E-state index in [0.29, 0.717) is 24.3 Å². The molecule has 0 radical (unpaired) electrons. The number of fused-ring (bicyclic) bond motifs is 3. The van der Waals surface area contributed by atoms with Crippen LogP contribution in [0, 0.1) is 0 Å². The summed E-state index contributed by atoms with van der Waals surface area (Å²) in [6.07, 6.45) is 5.14. The van der Waals surface area contributed by atoms with Gasteiger partial charge in [0.2, 0.25) is 0 Å². The quantitative estimate of drug-likeness (QED) is 0.556. The molecule has 9 nitrogen and oxygen atoms in total. The number of rotatable bonds is 2. The topological polar surface area (TPSA) is 113 Å². The molecule has 1 atom stereocenters. The molecule has 2 N–H and O–H groups in total. The van der Waals surface area contributed by atoms with Crippen molar-refractivity contribution in [2.45, 2.75) is 18.9 Å². The van der Waals surface area contributed by atoms with Gasteiger partial charge in [-0.3, -0.25) is 9.36 Å². The summed E-state index contributed by atoms with van der Waals surface area (Å²) in [5.74, 6) is -0.134. The molecule has 1 fully saturated rings. The maximum Gasteiger partial charge on any atom is 0.326 e. The van der Waals surface area contributed by atoms with Crippen LogP contribution in [0.5, 0.6) is 0 Å². The molecule has 0 aromatic carbocycles. The first-order chi connectivity index (χ1) is 12.7. The fraction of sp³-hybridized carbons (Fsp3) is 0.312. The molecule has 5 rings (SSSR count). The zero-order valence-electron chi connectivity index (χ0n) is 13.7. The highest BCUT2D eigenvalue weighted by molar-refractivity contribution is 7.03. The van der Waals surface area contributed by atoms with Crippen LogP contribution in [0.25, 0.3) is 22.1 Å². The first-order valence-electron chi connectivity index (χ1n) is 8.35. The first-order valence-corrected chi connectivity index (χ1v) is 9.18. The van der Waals surface area contributed by atoms with Crippen molar-refractivity contribution < 1.29 is 4.79 Å². The predicted octanol–water partition coefficient (Wildman–Crippen LogP) is 1.53. The standard InChI is InChI=1S/C16H15N7O2S/c24-15(12-8-26-21-20-12)22-5-1-2-9(7-22)23-13-10-3-4-17-14(10)18-6-11(13)19-16(23)25/h3-4,6,8-9H,1-2,5,7H2,(H,17,18)(H,19,25)/t9-/m1/s1. The van der Waals surface area contributed by atoms with Crippen LogP contribution in [0.15, 0.2) is 28.6 Å². The van der Waals surface area contributed by atoms with E-state index in [1.807, 2.05) is 12.3 Å². The lowest BCUT2D eigenvalue weighted by Gasteiger charge is -2.32. The van der Waals surface area contributed by atoms with Crippen LogP contribution in [0.4, 0.5) is 0 Å². The van der Waals surface area contributed by atoms with Gasteiger partial charge in [-0.05, 0) is 30.4 Å². The third-order valence-corrected chi connectivity index (χ3v) is 5.39. The summed E-state index contributed by atoms with van der Waals surface area (Å²) < 4.78 is 5.53. The zero-order valence-corrected chi connectivity index (χ0v) is 14.5. The van der Waals surface area contributed by atoms with Gasteiger partial charge >= 0.3 is 5.69 Å². The number of hydrogen-bond donors (Lipinski definition) is 2. The summed E-state index contributed by atoms with van der Waals surface area (Å²) in [6.45, 7) is 1.13. The maximum atomic E-state index is 12.7. The number of likely N-dealkylation sites (tertiary alicyclic amines) is 1. The molecule has 0 aliphatic carbocycles. The fourth-order valence-corrected chi connectivity index (χ4v) is 4.17. The van der Waals surface area contributed by atoms with Crippen molar-refractivity contribution in [3.8, 4) is 0 Å². The monoisotopic (exact) mass is 369 g/mol. The van der Waals surface area contributed by atoms with Gasteiger partial charge in [-0.1, -0.05) is 4.49 Å². The number of pyridine rings is 1. The van der Waals surface area contributed by atoms with Gasteiger partial charge in [-0.15, -0.1) is 5.10 Å². The van der Waals surface area contributed by atoms with E-state index in [2.05, 4.69) is 24.5 Å². The van der Waals surface area contributed by atoms with Gasteiger partial charge in [0.05, 0.1) is 23.3 Å². The van der Waals surface area contributed by atoms with Crippen LogP contribution in [-0.2, 0) is 0 Å². The Morgan fingerprint density at radius 1 is 1.38 bits per heavy atom. The molecule has 5 heterocycles. The van der Waals surface area contributed by atoms with Crippen molar-refractivity contribution in [3.05, 3.63) is 40.0 Å². The van der Waals surface area contributed by atoms with Crippen LogP contribution in [0.1, 0.15) is 29.4 Å². The van der Waals surface area contributed by atoms with Gasteiger partial charge in [0, 0.05) is 30.1 Å². The zero-order chi connectivity index (χ0) is 17.7. The van der Waals surface area contributed by atoms with Crippen LogP contribution in [0.2, 0.25) is 0 Å². The third kappa shape index (κ3) is 2.25. The number of H-pyrrole nitrogens is 2. The molecule has 26 heavy (non-hydrogen) atoms. The predicted molar refractivity (Wildman–Crippen MR) is 96.3 cm³/mol. The summed E-state index contributed by atoms with van der Waals surface area (Å²) in [6, 6.07) is 1.82. The fourth-order valence-electron chi connectivity index (χ4n) is 3.74. The van der Waals surface area contributed by atoms with Gasteiger partial charge in [0.1, 0.15) is 5.65 Å². The molecule has 1 aliphatic heterocycles. The summed E-state index contributed by atoms with van der Waals surface area (Å²) in [5.41, 5.74) is 2.46. The lowest BCUT2D eigenvalue weighted by Crippen LogP contribution is -2.42. The van der Waals surface area contributed by atoms with Crippen LogP contribution in [0.3, 0.4) is 0 Å². The number of amides is 1. The van der Waals surface area contributed by atoms with Gasteiger partial charge in [0.15, 0.2) is 5.69 Å². The largest absolute Gasteiger partial charge is 0.346 e. The van der Waals surface area contributed by atoms with Gasteiger partial charge in [-0.25, -0.2) is 9.78 Å². The van der Waals surface area contributed by atoms with E-state index in [1.54, 1.807) is 21.0 Å². The van der Waals surface area contributed by atoms with Crippen molar-refractivity contribution in [3.63, 3.8) is 0 Å². The van der Waals surface area contributed by atoms with Crippen molar-refractivity contribution in [1.82, 2.24) is 34.0 Å². The Kier molecular flexibility index (Phi) is 3.38. The Morgan fingerprint density at radius 2 is 2.31 bits per heavy atom. The van der Waals surface area contributed by atoms with E-state index in [9.17, 15) is 9.59 Å². The van der Waals surface area contributed by atoms with E-state index >= 15 is 0 Å². The number of imidazole rings is 1. The molecule has 0 unspecified atom stereocenters. The summed E-state index contributed by atoms with van der Waals surface area (Å²) in [5, 5.41) is 6.42. The SMILES string of the molecule is O=C(c1csnn1)N1CCC[C@@H](n2c(=O)[nH]c3cnc4[nH]ccc4c32)C1. The Bertz CT molecular complexity index is 1160. The van der Waals surface area contributed by atoms with E-state index in [0.717, 1.165) is 40.9 Å². The van der Waals surface area contributed by atoms with Crippen LogP contribution >= 0.6 is 11.5 Å². The van der Waals surface area contributed by atoms with Crippen LogP contribution in [-0.4, -0.2) is 53.0 Å². The second-order valence-corrected chi connectivity index (χ2v) is 7.01. The highest BCUT2D eigenvalue weighted by atomic mass is 32.1. The van der Waals surface area contributed by atoms with Crippen molar-refractivity contribution in [1.29, 1.82) is 0 Å². The second-order valence-electron chi connectivity index (χ2n) is 6.40. The number of carbonyl (C=O) groups excluding carboxylic acids is 1. The van der Waals surface area contributed by atoms with Crippen molar-refractivity contribution >= 4 is 39.5 Å². The lowest BCUT2D eigenvalue weighted by molar-refractivity contribution is 0.0674. The molecule has 132 valence electrons. The summed E-state index contributed by atoms with van der Waals surface area (Å²) in [4.78, 5) is 37.3. The highest BCUT2D eigenvalue weighted by Crippen LogP contribution is 2.28. The third-order valence-electron chi connectivity index (χ3n) is 4.89. The van der Waals surface area contributed by atoms with Crippen LogP contribution < -0.4 is 5.69 Å². The number of aromatic nitrogens is 6. The molecule has 0 bridgehead atoms. The summed E-state index contributed by atoms with van der Waals surface area (Å²) in [7, 11) is 0. The average molecular weight is 369 g/mol.